The summed E-state index contributed by atoms with van der Waals surface area (Å²) in [6.45, 7) is 3.74. The fourth-order valence-electron chi connectivity index (χ4n) is 2.06. The first-order chi connectivity index (χ1) is 8.54. The highest BCUT2D eigenvalue weighted by Gasteiger charge is 2.37. The zero-order valence-corrected chi connectivity index (χ0v) is 11.2. The summed E-state index contributed by atoms with van der Waals surface area (Å²) in [7, 11) is 2.95. The van der Waals surface area contributed by atoms with Crippen molar-refractivity contribution in [2.45, 2.75) is 32.3 Å². The fraction of sp³-hybridized carbons (Fsp3) is 0.500. The number of halogens is 1. The summed E-state index contributed by atoms with van der Waals surface area (Å²) in [4.78, 5) is 12.5. The zero-order valence-electron chi connectivity index (χ0n) is 11.2. The van der Waals surface area contributed by atoms with Gasteiger partial charge in [-0.3, -0.25) is 4.79 Å². The van der Waals surface area contributed by atoms with Crippen molar-refractivity contribution in [3.05, 3.63) is 29.6 Å². The Morgan fingerprint density at radius 3 is 2.33 bits per heavy atom. The molecule has 0 aliphatic rings. The number of hydrogen-bond donors (Lipinski definition) is 0. The first-order valence-electron chi connectivity index (χ1n) is 5.98. The molecule has 0 aliphatic carbocycles. The molecule has 0 aliphatic heterocycles. The predicted octanol–water partition coefficient (Wildman–Crippen LogP) is 3.22. The van der Waals surface area contributed by atoms with Crippen LogP contribution in [0.5, 0.6) is 5.75 Å². The molecule has 0 atom stereocenters. The molecular weight excluding hydrogens is 235 g/mol. The molecule has 0 bridgehead atoms. The largest absolute Gasteiger partial charge is 0.496 e. The lowest BCUT2D eigenvalue weighted by Crippen LogP contribution is -2.39. The predicted molar refractivity (Wildman–Crippen MR) is 67.6 cm³/mol. The second-order valence-electron chi connectivity index (χ2n) is 4.08. The lowest BCUT2D eigenvalue weighted by Gasteiger charge is -2.29. The summed E-state index contributed by atoms with van der Waals surface area (Å²) in [5.41, 5.74) is -0.691. The molecular formula is C14H19FO3. The summed E-state index contributed by atoms with van der Waals surface area (Å²) in [6, 6.07) is 3.91. The number of hydrogen-bond acceptors (Lipinski definition) is 3. The van der Waals surface area contributed by atoms with Gasteiger partial charge in [-0.05, 0) is 31.0 Å². The molecule has 0 spiro atoms. The van der Waals surface area contributed by atoms with Crippen LogP contribution in [0.4, 0.5) is 4.39 Å². The van der Waals surface area contributed by atoms with Gasteiger partial charge in [0.2, 0.25) is 0 Å². The molecule has 0 aromatic heterocycles. The highest BCUT2D eigenvalue weighted by Crippen LogP contribution is 2.30. The number of rotatable bonds is 6. The van der Waals surface area contributed by atoms with Crippen LogP contribution in [-0.2, 0) is 4.74 Å². The maximum Gasteiger partial charge on any atom is 0.198 e. The van der Waals surface area contributed by atoms with E-state index in [9.17, 15) is 9.18 Å². The number of ether oxygens (including phenoxy) is 2. The lowest BCUT2D eigenvalue weighted by atomic mass is 9.87. The van der Waals surface area contributed by atoms with Gasteiger partial charge in [-0.15, -0.1) is 0 Å². The number of carbonyl (C=O) groups is 1. The van der Waals surface area contributed by atoms with E-state index in [1.54, 1.807) is 0 Å². The summed E-state index contributed by atoms with van der Waals surface area (Å²) in [6.07, 6.45) is 1.05. The van der Waals surface area contributed by atoms with Gasteiger partial charge in [-0.25, -0.2) is 4.39 Å². The molecule has 0 N–H and O–H groups in total. The first-order valence-corrected chi connectivity index (χ1v) is 5.98. The summed E-state index contributed by atoms with van der Waals surface area (Å²) in [5.74, 6) is -0.340. The summed E-state index contributed by atoms with van der Waals surface area (Å²) < 4.78 is 23.8. The maximum atomic E-state index is 13.3. The molecule has 1 aromatic rings. The van der Waals surface area contributed by atoms with E-state index in [4.69, 9.17) is 9.47 Å². The molecule has 0 saturated carbocycles. The van der Waals surface area contributed by atoms with Gasteiger partial charge >= 0.3 is 0 Å². The highest BCUT2D eigenvalue weighted by molar-refractivity contribution is 6.04. The van der Waals surface area contributed by atoms with E-state index in [2.05, 4.69) is 0 Å². The topological polar surface area (TPSA) is 35.5 Å². The van der Waals surface area contributed by atoms with E-state index in [0.29, 0.717) is 18.6 Å². The van der Waals surface area contributed by atoms with Crippen LogP contribution in [-0.4, -0.2) is 25.6 Å². The molecule has 0 saturated heterocycles. The van der Waals surface area contributed by atoms with Crippen molar-refractivity contribution in [1.29, 1.82) is 0 Å². The number of carbonyl (C=O) groups excluding carboxylic acids is 1. The normalized spacial score (nSPS) is 11.4. The van der Waals surface area contributed by atoms with Gasteiger partial charge in [0.1, 0.15) is 17.2 Å². The maximum absolute atomic E-state index is 13.3. The van der Waals surface area contributed by atoms with Crippen LogP contribution < -0.4 is 4.74 Å². The molecule has 0 amide bonds. The van der Waals surface area contributed by atoms with Gasteiger partial charge in [-0.2, -0.15) is 0 Å². The van der Waals surface area contributed by atoms with Crippen LogP contribution in [0.25, 0.3) is 0 Å². The van der Waals surface area contributed by atoms with E-state index < -0.39 is 11.4 Å². The van der Waals surface area contributed by atoms with Crippen LogP contribution in [0, 0.1) is 5.82 Å². The van der Waals surface area contributed by atoms with E-state index in [-0.39, 0.29) is 11.3 Å². The summed E-state index contributed by atoms with van der Waals surface area (Å²) >= 11 is 0. The SMILES string of the molecule is CCC(CC)(OC)C(=O)c1cc(F)ccc1OC. The first kappa shape index (κ1) is 14.6. The minimum Gasteiger partial charge on any atom is -0.496 e. The van der Waals surface area contributed by atoms with Gasteiger partial charge in [0.25, 0.3) is 0 Å². The van der Waals surface area contributed by atoms with Crippen molar-refractivity contribution in [2.75, 3.05) is 14.2 Å². The molecule has 100 valence electrons. The lowest BCUT2D eigenvalue weighted by molar-refractivity contribution is -0.00283. The Kier molecular flexibility index (Phi) is 4.84. The van der Waals surface area contributed by atoms with E-state index in [1.165, 1.54) is 32.4 Å². The number of methoxy groups -OCH3 is 2. The van der Waals surface area contributed by atoms with Crippen molar-refractivity contribution < 1.29 is 18.7 Å². The molecule has 3 nitrogen and oxygen atoms in total. The Labute approximate surface area is 107 Å². The van der Waals surface area contributed by atoms with Crippen LogP contribution in [0.15, 0.2) is 18.2 Å². The third-order valence-electron chi connectivity index (χ3n) is 3.35. The average Bonchev–Trinajstić information content (AvgIpc) is 2.41. The van der Waals surface area contributed by atoms with Gasteiger partial charge in [-0.1, -0.05) is 13.8 Å². The number of Topliss-reactive ketones (excluding diaryl/α,β-unsaturated/α-hetero) is 1. The van der Waals surface area contributed by atoms with Gasteiger partial charge in [0.05, 0.1) is 12.7 Å². The Balaban J connectivity index is 3.28. The molecule has 0 radical (unpaired) electrons. The molecule has 0 heterocycles. The monoisotopic (exact) mass is 254 g/mol. The Morgan fingerprint density at radius 1 is 1.28 bits per heavy atom. The van der Waals surface area contributed by atoms with E-state index in [1.807, 2.05) is 13.8 Å². The Hall–Kier alpha value is -1.42. The van der Waals surface area contributed by atoms with Crippen LogP contribution in [0.3, 0.4) is 0 Å². The smallest absolute Gasteiger partial charge is 0.198 e. The van der Waals surface area contributed by atoms with E-state index >= 15 is 0 Å². The second kappa shape index (κ2) is 5.96. The van der Waals surface area contributed by atoms with E-state index in [0.717, 1.165) is 0 Å². The Bertz CT molecular complexity index is 417. The molecule has 1 aromatic carbocycles. The van der Waals surface area contributed by atoms with Crippen molar-refractivity contribution in [2.24, 2.45) is 0 Å². The second-order valence-corrected chi connectivity index (χ2v) is 4.08. The van der Waals surface area contributed by atoms with Crippen LogP contribution in [0.1, 0.15) is 37.0 Å². The summed E-state index contributed by atoms with van der Waals surface area (Å²) in [5, 5.41) is 0. The average molecular weight is 254 g/mol. The van der Waals surface area contributed by atoms with Gasteiger partial charge < -0.3 is 9.47 Å². The van der Waals surface area contributed by atoms with Gasteiger partial charge in [0, 0.05) is 7.11 Å². The molecule has 0 fully saturated rings. The van der Waals surface area contributed by atoms with Gasteiger partial charge in [0.15, 0.2) is 5.78 Å². The van der Waals surface area contributed by atoms with Crippen LogP contribution >= 0.6 is 0 Å². The third kappa shape index (κ3) is 2.53. The van der Waals surface area contributed by atoms with Crippen molar-refractivity contribution in [1.82, 2.24) is 0 Å². The highest BCUT2D eigenvalue weighted by atomic mass is 19.1. The molecule has 0 unspecified atom stereocenters. The number of benzene rings is 1. The van der Waals surface area contributed by atoms with Crippen LogP contribution in [0.2, 0.25) is 0 Å². The van der Waals surface area contributed by atoms with Crippen molar-refractivity contribution in [3.8, 4) is 5.75 Å². The molecule has 1 rings (SSSR count). The fourth-order valence-corrected chi connectivity index (χ4v) is 2.06. The quantitative estimate of drug-likeness (QED) is 0.731. The van der Waals surface area contributed by atoms with Crippen molar-refractivity contribution in [3.63, 3.8) is 0 Å². The minimum absolute atomic E-state index is 0.225. The number of ketones is 1. The van der Waals surface area contributed by atoms with Crippen molar-refractivity contribution >= 4 is 5.78 Å². The minimum atomic E-state index is -0.916. The Morgan fingerprint density at radius 2 is 1.89 bits per heavy atom. The third-order valence-corrected chi connectivity index (χ3v) is 3.35. The standard InChI is InChI=1S/C14H19FO3/c1-5-14(6-2,18-4)13(16)11-9-10(15)7-8-12(11)17-3/h7-9H,5-6H2,1-4H3. The zero-order chi connectivity index (χ0) is 13.8. The molecule has 4 heteroatoms. The molecule has 18 heavy (non-hydrogen) atoms.